The molecular formula is C11H14N+. The van der Waals surface area contributed by atoms with Crippen LogP contribution in [0.15, 0.2) is 43.6 Å². The van der Waals surface area contributed by atoms with Crippen molar-refractivity contribution in [2.45, 2.75) is 13.0 Å². The molecule has 1 heterocycles. The molecule has 0 fully saturated rings. The molecule has 1 heteroatoms. The number of hydrogen-bond acceptors (Lipinski definition) is 0. The van der Waals surface area contributed by atoms with Crippen LogP contribution >= 0.6 is 0 Å². The number of aromatic nitrogens is 1. The Morgan fingerprint density at radius 2 is 2.17 bits per heavy atom. The van der Waals surface area contributed by atoms with E-state index in [0.29, 0.717) is 0 Å². The Balaban J connectivity index is 2.81. The van der Waals surface area contributed by atoms with Crippen LogP contribution in [0.3, 0.4) is 0 Å². The van der Waals surface area contributed by atoms with Crippen molar-refractivity contribution in [2.24, 2.45) is 0 Å². The zero-order valence-corrected chi connectivity index (χ0v) is 7.24. The van der Waals surface area contributed by atoms with Gasteiger partial charge in [-0.05, 0) is 6.07 Å². The van der Waals surface area contributed by atoms with E-state index in [4.69, 9.17) is 0 Å². The lowest BCUT2D eigenvalue weighted by molar-refractivity contribution is -0.697. The van der Waals surface area contributed by atoms with Crippen molar-refractivity contribution >= 4 is 6.08 Å². The third-order valence-electron chi connectivity index (χ3n) is 1.76. The van der Waals surface area contributed by atoms with Crippen LogP contribution in [0, 0.1) is 0 Å². The van der Waals surface area contributed by atoms with Gasteiger partial charge < -0.3 is 0 Å². The molecule has 0 amide bonds. The maximum Gasteiger partial charge on any atom is 0.204 e. The predicted molar refractivity (Wildman–Crippen MR) is 51.5 cm³/mol. The van der Waals surface area contributed by atoms with Crippen LogP contribution in [-0.4, -0.2) is 0 Å². The van der Waals surface area contributed by atoms with Crippen LogP contribution in [0.5, 0.6) is 0 Å². The SMILES string of the molecule is C=CCC[n+]1ccccc1C=C. The molecule has 0 saturated heterocycles. The Kier molecular flexibility index (Phi) is 3.27. The van der Waals surface area contributed by atoms with E-state index >= 15 is 0 Å². The summed E-state index contributed by atoms with van der Waals surface area (Å²) in [5.74, 6) is 0. The van der Waals surface area contributed by atoms with Crippen LogP contribution in [0.1, 0.15) is 12.1 Å². The standard InChI is InChI=1S/C11H14N/c1-3-5-9-12-10-7-6-8-11(12)4-2/h3-4,6-8,10H,1-2,5,9H2/q+1. The van der Waals surface area contributed by atoms with Crippen molar-refractivity contribution in [3.8, 4) is 0 Å². The molecule has 1 aromatic rings. The maximum atomic E-state index is 3.75. The zero-order valence-electron chi connectivity index (χ0n) is 7.24. The van der Waals surface area contributed by atoms with E-state index in [0.717, 1.165) is 18.7 Å². The second kappa shape index (κ2) is 4.50. The van der Waals surface area contributed by atoms with Crippen molar-refractivity contribution in [1.29, 1.82) is 0 Å². The molecule has 0 spiro atoms. The number of hydrogen-bond donors (Lipinski definition) is 0. The summed E-state index contributed by atoms with van der Waals surface area (Å²) in [6.45, 7) is 8.42. The molecule has 0 saturated carbocycles. The molecule has 0 atom stereocenters. The van der Waals surface area contributed by atoms with Gasteiger partial charge in [0, 0.05) is 24.6 Å². The van der Waals surface area contributed by atoms with E-state index in [1.807, 2.05) is 24.3 Å². The molecule has 0 aromatic carbocycles. The third-order valence-corrected chi connectivity index (χ3v) is 1.76. The van der Waals surface area contributed by atoms with Gasteiger partial charge in [-0.25, -0.2) is 0 Å². The number of rotatable bonds is 4. The highest BCUT2D eigenvalue weighted by atomic mass is 14.9. The number of aryl methyl sites for hydroxylation is 1. The highest BCUT2D eigenvalue weighted by molar-refractivity contribution is 5.36. The molecule has 0 bridgehead atoms. The molecule has 0 aliphatic carbocycles. The summed E-state index contributed by atoms with van der Waals surface area (Å²) < 4.78 is 2.16. The molecule has 1 rings (SSSR count). The van der Waals surface area contributed by atoms with E-state index < -0.39 is 0 Å². The van der Waals surface area contributed by atoms with E-state index in [2.05, 4.69) is 30.0 Å². The minimum atomic E-state index is 0.978. The predicted octanol–water partition coefficient (Wildman–Crippen LogP) is 2.19. The van der Waals surface area contributed by atoms with Crippen molar-refractivity contribution in [1.82, 2.24) is 0 Å². The lowest BCUT2D eigenvalue weighted by Gasteiger charge is -1.96. The van der Waals surface area contributed by atoms with Gasteiger partial charge in [-0.15, -0.1) is 6.58 Å². The lowest BCUT2D eigenvalue weighted by atomic mass is 10.3. The minimum absolute atomic E-state index is 0.978. The van der Waals surface area contributed by atoms with Gasteiger partial charge in [0.05, 0.1) is 0 Å². The Bertz CT molecular complexity index is 276. The van der Waals surface area contributed by atoms with Crippen molar-refractivity contribution < 1.29 is 4.57 Å². The van der Waals surface area contributed by atoms with Crippen molar-refractivity contribution in [3.05, 3.63) is 49.3 Å². The Hall–Kier alpha value is -1.37. The molecule has 0 unspecified atom stereocenters. The van der Waals surface area contributed by atoms with E-state index in [1.54, 1.807) is 0 Å². The Labute approximate surface area is 73.7 Å². The molecule has 0 radical (unpaired) electrons. The van der Waals surface area contributed by atoms with Gasteiger partial charge in [0.25, 0.3) is 0 Å². The van der Waals surface area contributed by atoms with Crippen molar-refractivity contribution in [3.63, 3.8) is 0 Å². The largest absolute Gasteiger partial charge is 0.204 e. The van der Waals surface area contributed by atoms with Gasteiger partial charge in [0.1, 0.15) is 0 Å². The normalized spacial score (nSPS) is 9.33. The number of nitrogens with zero attached hydrogens (tertiary/aromatic N) is 1. The summed E-state index contributed by atoms with van der Waals surface area (Å²) in [6.07, 6.45) is 6.84. The second-order valence-electron chi connectivity index (χ2n) is 2.60. The van der Waals surface area contributed by atoms with E-state index in [-0.39, 0.29) is 0 Å². The fourth-order valence-electron chi connectivity index (χ4n) is 1.11. The molecular weight excluding hydrogens is 146 g/mol. The fraction of sp³-hybridized carbons (Fsp3) is 0.182. The first-order chi connectivity index (χ1) is 5.88. The molecule has 0 N–H and O–H groups in total. The first-order valence-corrected chi connectivity index (χ1v) is 4.10. The lowest BCUT2D eigenvalue weighted by Crippen LogP contribution is -2.36. The minimum Gasteiger partial charge on any atom is -0.199 e. The monoisotopic (exact) mass is 160 g/mol. The fourth-order valence-corrected chi connectivity index (χ4v) is 1.11. The van der Waals surface area contributed by atoms with Gasteiger partial charge in [-0.1, -0.05) is 12.7 Å². The third kappa shape index (κ3) is 2.06. The number of pyridine rings is 1. The Morgan fingerprint density at radius 3 is 2.83 bits per heavy atom. The molecule has 62 valence electrons. The highest BCUT2D eigenvalue weighted by Crippen LogP contribution is 1.93. The van der Waals surface area contributed by atoms with Gasteiger partial charge in [-0.3, -0.25) is 0 Å². The van der Waals surface area contributed by atoms with Crippen LogP contribution in [-0.2, 0) is 6.54 Å². The molecule has 1 aromatic heterocycles. The summed E-state index contributed by atoms with van der Waals surface area (Å²) in [5.41, 5.74) is 1.15. The summed E-state index contributed by atoms with van der Waals surface area (Å²) in [5, 5.41) is 0. The summed E-state index contributed by atoms with van der Waals surface area (Å²) >= 11 is 0. The smallest absolute Gasteiger partial charge is 0.199 e. The molecule has 0 aliphatic rings. The maximum absolute atomic E-state index is 3.75. The van der Waals surface area contributed by atoms with E-state index in [1.165, 1.54) is 0 Å². The first kappa shape index (κ1) is 8.72. The average Bonchev–Trinajstić information content (AvgIpc) is 2.15. The van der Waals surface area contributed by atoms with Crippen molar-refractivity contribution in [2.75, 3.05) is 0 Å². The van der Waals surface area contributed by atoms with Gasteiger partial charge >= 0.3 is 0 Å². The molecule has 0 aliphatic heterocycles. The topological polar surface area (TPSA) is 3.88 Å². The van der Waals surface area contributed by atoms with Gasteiger partial charge in [0.15, 0.2) is 12.7 Å². The van der Waals surface area contributed by atoms with Crippen LogP contribution < -0.4 is 4.57 Å². The summed E-state index contributed by atoms with van der Waals surface area (Å²) in [6, 6.07) is 6.09. The van der Waals surface area contributed by atoms with Crippen LogP contribution in [0.25, 0.3) is 6.08 Å². The zero-order chi connectivity index (χ0) is 8.81. The number of allylic oxidation sites excluding steroid dienone is 1. The quantitative estimate of drug-likeness (QED) is 0.469. The van der Waals surface area contributed by atoms with Crippen LogP contribution in [0.2, 0.25) is 0 Å². The first-order valence-electron chi connectivity index (χ1n) is 4.10. The van der Waals surface area contributed by atoms with E-state index in [9.17, 15) is 0 Å². The van der Waals surface area contributed by atoms with Crippen LogP contribution in [0.4, 0.5) is 0 Å². The highest BCUT2D eigenvalue weighted by Gasteiger charge is 2.02. The van der Waals surface area contributed by atoms with Gasteiger partial charge in [0.2, 0.25) is 5.69 Å². The summed E-state index contributed by atoms with van der Waals surface area (Å²) in [7, 11) is 0. The average molecular weight is 160 g/mol. The Morgan fingerprint density at radius 1 is 1.33 bits per heavy atom. The molecule has 12 heavy (non-hydrogen) atoms. The summed E-state index contributed by atoms with van der Waals surface area (Å²) in [4.78, 5) is 0. The molecule has 1 nitrogen and oxygen atoms in total. The second-order valence-corrected chi connectivity index (χ2v) is 2.60. The van der Waals surface area contributed by atoms with Gasteiger partial charge in [-0.2, -0.15) is 4.57 Å².